The maximum absolute atomic E-state index is 6.10. The predicted octanol–water partition coefficient (Wildman–Crippen LogP) is 4.17. The molecule has 0 saturated heterocycles. The second-order valence-corrected chi connectivity index (χ2v) is 4.59. The van der Waals surface area contributed by atoms with E-state index in [0.29, 0.717) is 27.6 Å². The summed E-state index contributed by atoms with van der Waals surface area (Å²) in [7, 11) is 3.22. The number of rotatable bonds is 3. The van der Waals surface area contributed by atoms with Crippen LogP contribution in [0.4, 0.5) is 0 Å². The molecule has 3 rings (SSSR count). The Hall–Kier alpha value is -2.20. The standard InChI is InChI=1S/C15H12ClNO3/c1-18-9-3-4-13(19-2)10(7-9)14-8-12-15(20-14)11(16)5-6-17-12/h3-8H,1-2H3. The first-order chi connectivity index (χ1) is 9.72. The predicted molar refractivity (Wildman–Crippen MR) is 77.6 cm³/mol. The van der Waals surface area contributed by atoms with Crippen LogP contribution < -0.4 is 9.47 Å². The van der Waals surface area contributed by atoms with Crippen LogP contribution in [0.2, 0.25) is 5.02 Å². The number of hydrogen-bond acceptors (Lipinski definition) is 4. The lowest BCUT2D eigenvalue weighted by Crippen LogP contribution is -1.89. The minimum atomic E-state index is 0.531. The first kappa shape index (κ1) is 12.8. The molecule has 1 aromatic carbocycles. The number of pyridine rings is 1. The van der Waals surface area contributed by atoms with Gasteiger partial charge in [0.1, 0.15) is 22.8 Å². The van der Waals surface area contributed by atoms with E-state index in [1.165, 1.54) is 0 Å². The van der Waals surface area contributed by atoms with Crippen molar-refractivity contribution in [2.24, 2.45) is 0 Å². The molecule has 4 nitrogen and oxygen atoms in total. The van der Waals surface area contributed by atoms with E-state index in [2.05, 4.69) is 4.98 Å². The molecule has 3 aromatic rings. The highest BCUT2D eigenvalue weighted by molar-refractivity contribution is 6.34. The highest BCUT2D eigenvalue weighted by Crippen LogP contribution is 2.37. The number of halogens is 1. The van der Waals surface area contributed by atoms with Crippen molar-refractivity contribution >= 4 is 22.7 Å². The lowest BCUT2D eigenvalue weighted by atomic mass is 10.1. The smallest absolute Gasteiger partial charge is 0.171 e. The van der Waals surface area contributed by atoms with Gasteiger partial charge in [0.15, 0.2) is 5.58 Å². The van der Waals surface area contributed by atoms with Crippen molar-refractivity contribution < 1.29 is 13.9 Å². The van der Waals surface area contributed by atoms with Crippen LogP contribution >= 0.6 is 11.6 Å². The quantitative estimate of drug-likeness (QED) is 0.726. The van der Waals surface area contributed by atoms with Gasteiger partial charge in [-0.1, -0.05) is 11.6 Å². The number of hydrogen-bond donors (Lipinski definition) is 0. The summed E-state index contributed by atoms with van der Waals surface area (Å²) >= 11 is 6.10. The zero-order valence-electron chi connectivity index (χ0n) is 11.0. The van der Waals surface area contributed by atoms with Crippen LogP contribution in [-0.2, 0) is 0 Å². The third-order valence-electron chi connectivity index (χ3n) is 3.04. The highest BCUT2D eigenvalue weighted by atomic mass is 35.5. The topological polar surface area (TPSA) is 44.5 Å². The first-order valence-corrected chi connectivity index (χ1v) is 6.37. The van der Waals surface area contributed by atoms with Crippen LogP contribution in [0.25, 0.3) is 22.4 Å². The van der Waals surface area contributed by atoms with Gasteiger partial charge in [-0.2, -0.15) is 0 Å². The van der Waals surface area contributed by atoms with E-state index in [1.807, 2.05) is 24.3 Å². The van der Waals surface area contributed by atoms with E-state index in [4.69, 9.17) is 25.5 Å². The third kappa shape index (κ3) is 2.08. The number of fused-ring (bicyclic) bond motifs is 1. The van der Waals surface area contributed by atoms with Crippen LogP contribution in [0, 0.1) is 0 Å². The van der Waals surface area contributed by atoms with Gasteiger partial charge in [0.25, 0.3) is 0 Å². The van der Waals surface area contributed by atoms with Gasteiger partial charge in [-0.3, -0.25) is 4.98 Å². The average molecular weight is 290 g/mol. The summed E-state index contributed by atoms with van der Waals surface area (Å²) in [6, 6.07) is 9.04. The number of ether oxygens (including phenoxy) is 2. The monoisotopic (exact) mass is 289 g/mol. The highest BCUT2D eigenvalue weighted by Gasteiger charge is 2.14. The average Bonchev–Trinajstić information content (AvgIpc) is 2.92. The van der Waals surface area contributed by atoms with Crippen LogP contribution in [0.1, 0.15) is 0 Å². The summed E-state index contributed by atoms with van der Waals surface area (Å²) in [6.07, 6.45) is 1.65. The molecule has 0 spiro atoms. The second kappa shape index (κ2) is 5.06. The maximum Gasteiger partial charge on any atom is 0.171 e. The van der Waals surface area contributed by atoms with Gasteiger partial charge in [0, 0.05) is 12.3 Å². The van der Waals surface area contributed by atoms with Gasteiger partial charge in [-0.15, -0.1) is 0 Å². The molecule has 0 aliphatic rings. The lowest BCUT2D eigenvalue weighted by Gasteiger charge is -2.08. The summed E-state index contributed by atoms with van der Waals surface area (Å²) in [6.45, 7) is 0. The van der Waals surface area contributed by atoms with Gasteiger partial charge in [0.2, 0.25) is 0 Å². The number of benzene rings is 1. The third-order valence-corrected chi connectivity index (χ3v) is 3.33. The molecule has 0 bridgehead atoms. The van der Waals surface area contributed by atoms with Gasteiger partial charge in [-0.05, 0) is 24.3 Å². The summed E-state index contributed by atoms with van der Waals surface area (Å²) < 4.78 is 16.4. The summed E-state index contributed by atoms with van der Waals surface area (Å²) in [4.78, 5) is 4.24. The normalized spacial score (nSPS) is 10.8. The molecule has 2 aromatic heterocycles. The largest absolute Gasteiger partial charge is 0.497 e. The molecule has 0 amide bonds. The van der Waals surface area contributed by atoms with Gasteiger partial charge in [0.05, 0.1) is 24.8 Å². The van der Waals surface area contributed by atoms with Crippen molar-refractivity contribution in [3.05, 3.63) is 41.6 Å². The molecular formula is C15H12ClNO3. The molecule has 0 N–H and O–H groups in total. The van der Waals surface area contributed by atoms with Crippen LogP contribution in [0.5, 0.6) is 11.5 Å². The second-order valence-electron chi connectivity index (χ2n) is 4.18. The molecule has 0 saturated carbocycles. The maximum atomic E-state index is 6.10. The Morgan fingerprint density at radius 2 is 1.95 bits per heavy atom. The van der Waals surface area contributed by atoms with Crippen molar-refractivity contribution in [3.63, 3.8) is 0 Å². The number of aromatic nitrogens is 1. The molecule has 0 atom stereocenters. The Kier molecular flexibility index (Phi) is 3.24. The van der Waals surface area contributed by atoms with E-state index in [0.717, 1.165) is 11.3 Å². The van der Waals surface area contributed by atoms with Crippen molar-refractivity contribution in [2.75, 3.05) is 14.2 Å². The van der Waals surface area contributed by atoms with Crippen molar-refractivity contribution in [3.8, 4) is 22.8 Å². The molecule has 0 unspecified atom stereocenters. The Morgan fingerprint density at radius 3 is 2.65 bits per heavy atom. The van der Waals surface area contributed by atoms with Gasteiger partial charge >= 0.3 is 0 Å². The van der Waals surface area contributed by atoms with Crippen molar-refractivity contribution in [1.82, 2.24) is 4.98 Å². The fourth-order valence-corrected chi connectivity index (χ4v) is 2.24. The lowest BCUT2D eigenvalue weighted by molar-refractivity contribution is 0.403. The first-order valence-electron chi connectivity index (χ1n) is 5.99. The molecule has 0 aliphatic carbocycles. The zero-order valence-corrected chi connectivity index (χ0v) is 11.8. The summed E-state index contributed by atoms with van der Waals surface area (Å²) in [5, 5.41) is 0.531. The summed E-state index contributed by atoms with van der Waals surface area (Å²) in [5.74, 6) is 2.05. The number of methoxy groups -OCH3 is 2. The SMILES string of the molecule is COc1ccc(OC)c(-c2cc3nccc(Cl)c3o2)c1. The minimum Gasteiger partial charge on any atom is -0.497 e. The molecule has 0 fully saturated rings. The number of furan rings is 1. The van der Waals surface area contributed by atoms with Crippen LogP contribution in [0.15, 0.2) is 40.9 Å². The van der Waals surface area contributed by atoms with Gasteiger partial charge in [-0.25, -0.2) is 0 Å². The van der Waals surface area contributed by atoms with Crippen molar-refractivity contribution in [2.45, 2.75) is 0 Å². The van der Waals surface area contributed by atoms with Crippen molar-refractivity contribution in [1.29, 1.82) is 0 Å². The Labute approximate surface area is 120 Å². The summed E-state index contributed by atoms with van der Waals surface area (Å²) in [5.41, 5.74) is 2.06. The van der Waals surface area contributed by atoms with E-state index in [9.17, 15) is 0 Å². The minimum absolute atomic E-state index is 0.531. The fourth-order valence-electron chi connectivity index (χ4n) is 2.05. The molecule has 0 radical (unpaired) electrons. The molecule has 102 valence electrons. The fraction of sp³-hybridized carbons (Fsp3) is 0.133. The Bertz CT molecular complexity index is 767. The van der Waals surface area contributed by atoms with E-state index >= 15 is 0 Å². The van der Waals surface area contributed by atoms with Crippen LogP contribution in [-0.4, -0.2) is 19.2 Å². The van der Waals surface area contributed by atoms with E-state index in [-0.39, 0.29) is 0 Å². The molecule has 5 heteroatoms. The molecular weight excluding hydrogens is 278 g/mol. The van der Waals surface area contributed by atoms with Gasteiger partial charge < -0.3 is 13.9 Å². The molecule has 0 aliphatic heterocycles. The Balaban J connectivity index is 2.21. The Morgan fingerprint density at radius 1 is 1.10 bits per heavy atom. The van der Waals surface area contributed by atoms with E-state index < -0.39 is 0 Å². The van der Waals surface area contributed by atoms with E-state index in [1.54, 1.807) is 26.5 Å². The number of nitrogens with zero attached hydrogens (tertiary/aromatic N) is 1. The molecule has 2 heterocycles. The van der Waals surface area contributed by atoms with Crippen LogP contribution in [0.3, 0.4) is 0 Å². The zero-order chi connectivity index (χ0) is 14.1. The molecule has 20 heavy (non-hydrogen) atoms.